The number of benzene rings is 2. The van der Waals surface area contributed by atoms with Crippen molar-refractivity contribution in [3.8, 4) is 11.1 Å². The summed E-state index contributed by atoms with van der Waals surface area (Å²) in [5.41, 5.74) is 9.91. The van der Waals surface area contributed by atoms with Crippen LogP contribution in [0.5, 0.6) is 0 Å². The van der Waals surface area contributed by atoms with E-state index in [-0.39, 0.29) is 23.8 Å². The van der Waals surface area contributed by atoms with E-state index in [2.05, 4.69) is 27.3 Å². The Labute approximate surface area is 229 Å². The summed E-state index contributed by atoms with van der Waals surface area (Å²) in [4.78, 5) is 40.4. The third-order valence-electron chi connectivity index (χ3n) is 7.53. The Hall–Kier alpha value is -4.27. The van der Waals surface area contributed by atoms with Crippen LogP contribution < -0.4 is 16.4 Å². The average molecular weight is 526 g/mol. The molecule has 9 nitrogen and oxygen atoms in total. The lowest BCUT2D eigenvalue weighted by molar-refractivity contribution is -0.122. The maximum Gasteiger partial charge on any atom is 0.253 e. The van der Waals surface area contributed by atoms with Crippen LogP contribution in [0.4, 0.5) is 17.5 Å². The Morgan fingerprint density at radius 3 is 2.64 bits per heavy atom. The number of aromatic nitrogens is 2. The Kier molecular flexibility index (Phi) is 8.15. The molecule has 2 aromatic carbocycles. The van der Waals surface area contributed by atoms with E-state index in [1.807, 2.05) is 53.4 Å². The zero-order valence-electron chi connectivity index (χ0n) is 22.1. The number of anilines is 3. The Morgan fingerprint density at radius 1 is 1.05 bits per heavy atom. The number of primary amides is 1. The molecule has 2 amide bonds. The van der Waals surface area contributed by atoms with Gasteiger partial charge in [-0.25, -0.2) is 4.98 Å². The SMILES string of the molecule is C=NCc1cccc(-c2cnc(Nc3cccc(C(=O)N4CCCC4)c3)nc2N[C@@H]2CCCC[C@@H]2C(N)=O)c1. The van der Waals surface area contributed by atoms with E-state index in [0.717, 1.165) is 74.0 Å². The molecule has 2 fully saturated rings. The van der Waals surface area contributed by atoms with Gasteiger partial charge in [-0.15, -0.1) is 0 Å². The minimum atomic E-state index is -0.292. The van der Waals surface area contributed by atoms with Crippen LogP contribution in [-0.4, -0.2) is 52.5 Å². The number of nitrogens with two attached hydrogens (primary N) is 1. The summed E-state index contributed by atoms with van der Waals surface area (Å²) in [5, 5.41) is 6.80. The van der Waals surface area contributed by atoms with E-state index in [1.165, 1.54) is 0 Å². The fourth-order valence-electron chi connectivity index (χ4n) is 5.51. The van der Waals surface area contributed by atoms with Crippen molar-refractivity contribution in [3.63, 3.8) is 0 Å². The van der Waals surface area contributed by atoms with Crippen LogP contribution in [0.2, 0.25) is 0 Å². The van der Waals surface area contributed by atoms with Crippen molar-refractivity contribution in [1.82, 2.24) is 14.9 Å². The molecule has 9 heteroatoms. The highest BCUT2D eigenvalue weighted by atomic mass is 16.2. The molecule has 202 valence electrons. The lowest BCUT2D eigenvalue weighted by Gasteiger charge is -2.31. The number of amides is 2. The van der Waals surface area contributed by atoms with E-state index in [1.54, 1.807) is 6.20 Å². The number of carbonyl (C=O) groups excluding carboxylic acids is 2. The second-order valence-corrected chi connectivity index (χ2v) is 10.3. The van der Waals surface area contributed by atoms with Gasteiger partial charge in [-0.3, -0.25) is 14.6 Å². The molecule has 4 N–H and O–H groups in total. The van der Waals surface area contributed by atoms with Crippen LogP contribution in [0.15, 0.2) is 59.7 Å². The molecule has 39 heavy (non-hydrogen) atoms. The molecule has 2 heterocycles. The molecular weight excluding hydrogens is 490 g/mol. The van der Waals surface area contributed by atoms with Gasteiger partial charge in [0.05, 0.1) is 12.5 Å². The highest BCUT2D eigenvalue weighted by Crippen LogP contribution is 2.33. The summed E-state index contributed by atoms with van der Waals surface area (Å²) < 4.78 is 0. The first-order chi connectivity index (χ1) is 19.0. The number of aliphatic imine (C=N–C) groups is 1. The number of hydrogen-bond donors (Lipinski definition) is 3. The lowest BCUT2D eigenvalue weighted by Crippen LogP contribution is -2.40. The summed E-state index contributed by atoms with van der Waals surface area (Å²) in [6.07, 6.45) is 7.47. The van der Waals surface area contributed by atoms with E-state index < -0.39 is 0 Å². The molecule has 1 aromatic heterocycles. The molecule has 0 unspecified atom stereocenters. The number of rotatable bonds is 9. The Balaban J connectivity index is 1.45. The average Bonchev–Trinajstić information content (AvgIpc) is 3.49. The third kappa shape index (κ3) is 6.25. The van der Waals surface area contributed by atoms with Crippen LogP contribution in [0.25, 0.3) is 11.1 Å². The molecule has 1 saturated carbocycles. The van der Waals surface area contributed by atoms with E-state index in [9.17, 15) is 9.59 Å². The van der Waals surface area contributed by atoms with Gasteiger partial charge in [-0.05, 0) is 67.8 Å². The van der Waals surface area contributed by atoms with Crippen LogP contribution in [0.1, 0.15) is 54.4 Å². The van der Waals surface area contributed by atoms with Crippen molar-refractivity contribution >= 4 is 36.0 Å². The largest absolute Gasteiger partial charge is 0.369 e. The number of hydrogen-bond acceptors (Lipinski definition) is 7. The first-order valence-corrected chi connectivity index (χ1v) is 13.6. The van der Waals surface area contributed by atoms with Gasteiger partial charge in [0.25, 0.3) is 5.91 Å². The maximum atomic E-state index is 12.9. The first kappa shape index (κ1) is 26.3. The predicted octanol–water partition coefficient (Wildman–Crippen LogP) is 4.78. The van der Waals surface area contributed by atoms with Crippen molar-refractivity contribution in [2.45, 2.75) is 51.1 Å². The van der Waals surface area contributed by atoms with Crippen LogP contribution in [-0.2, 0) is 11.3 Å². The number of carbonyl (C=O) groups is 2. The Bertz CT molecular complexity index is 1350. The van der Waals surface area contributed by atoms with Gasteiger partial charge in [-0.1, -0.05) is 37.1 Å². The molecular formula is C30H35N7O2. The molecule has 0 spiro atoms. The third-order valence-corrected chi connectivity index (χ3v) is 7.53. The molecule has 0 bridgehead atoms. The highest BCUT2D eigenvalue weighted by Gasteiger charge is 2.30. The standard InChI is InChI=1S/C30H35N7O2/c1-32-18-20-8-6-9-21(16-20)25-19-33-30(36-28(25)35-26-13-3-2-12-24(26)27(31)38)34-23-11-7-10-22(17-23)29(39)37-14-4-5-15-37/h6-11,16-17,19,24,26H,1-5,12-15,18H2,(H2,31,38)(H2,33,34,35,36)/t24-,26+/m0/s1. The molecule has 0 radical (unpaired) electrons. The Morgan fingerprint density at radius 2 is 1.85 bits per heavy atom. The maximum absolute atomic E-state index is 12.9. The molecule has 1 aliphatic carbocycles. The summed E-state index contributed by atoms with van der Waals surface area (Å²) in [5.74, 6) is 0.502. The second-order valence-electron chi connectivity index (χ2n) is 10.3. The fraction of sp³-hybridized carbons (Fsp3) is 0.367. The van der Waals surface area contributed by atoms with Crippen LogP contribution >= 0.6 is 0 Å². The lowest BCUT2D eigenvalue weighted by atomic mass is 9.84. The molecule has 2 atom stereocenters. The minimum absolute atomic E-state index is 0.0402. The molecule has 3 aromatic rings. The first-order valence-electron chi connectivity index (χ1n) is 13.6. The normalized spacial score (nSPS) is 18.9. The van der Waals surface area contributed by atoms with Gasteiger partial charge in [0.15, 0.2) is 0 Å². The van der Waals surface area contributed by atoms with Crippen molar-refractivity contribution in [1.29, 1.82) is 0 Å². The van der Waals surface area contributed by atoms with Crippen molar-refractivity contribution in [3.05, 3.63) is 65.9 Å². The van der Waals surface area contributed by atoms with E-state index in [0.29, 0.717) is 23.9 Å². The van der Waals surface area contributed by atoms with Gasteiger partial charge in [0.1, 0.15) is 5.82 Å². The summed E-state index contributed by atoms with van der Waals surface area (Å²) >= 11 is 0. The molecule has 2 aliphatic rings. The van der Waals surface area contributed by atoms with Gasteiger partial charge >= 0.3 is 0 Å². The zero-order valence-corrected chi connectivity index (χ0v) is 22.1. The van der Waals surface area contributed by atoms with Crippen molar-refractivity contribution in [2.75, 3.05) is 23.7 Å². The van der Waals surface area contributed by atoms with Crippen molar-refractivity contribution in [2.24, 2.45) is 16.6 Å². The monoisotopic (exact) mass is 525 g/mol. The van der Waals surface area contributed by atoms with Gasteiger partial charge in [0, 0.05) is 42.1 Å². The summed E-state index contributed by atoms with van der Waals surface area (Å²) in [7, 11) is 0. The quantitative estimate of drug-likeness (QED) is 0.345. The second kappa shape index (κ2) is 12.1. The molecule has 5 rings (SSSR count). The zero-order chi connectivity index (χ0) is 27.2. The smallest absolute Gasteiger partial charge is 0.253 e. The van der Waals surface area contributed by atoms with Crippen LogP contribution in [0.3, 0.4) is 0 Å². The fourth-order valence-corrected chi connectivity index (χ4v) is 5.51. The van der Waals surface area contributed by atoms with Gasteiger partial charge in [-0.2, -0.15) is 4.98 Å². The number of nitrogens with one attached hydrogen (secondary N) is 2. The van der Waals surface area contributed by atoms with Crippen molar-refractivity contribution < 1.29 is 9.59 Å². The summed E-state index contributed by atoms with van der Waals surface area (Å²) in [6.45, 7) is 5.71. The van der Waals surface area contributed by atoms with E-state index in [4.69, 9.17) is 10.7 Å². The number of likely N-dealkylation sites (tertiary alicyclic amines) is 1. The van der Waals surface area contributed by atoms with E-state index >= 15 is 0 Å². The highest BCUT2D eigenvalue weighted by molar-refractivity contribution is 5.95. The van der Waals surface area contributed by atoms with Crippen LogP contribution in [0, 0.1) is 5.92 Å². The topological polar surface area (TPSA) is 126 Å². The minimum Gasteiger partial charge on any atom is -0.369 e. The predicted molar refractivity (Wildman–Crippen MR) is 154 cm³/mol. The van der Waals surface area contributed by atoms with Gasteiger partial charge in [0.2, 0.25) is 11.9 Å². The summed E-state index contributed by atoms with van der Waals surface area (Å²) in [6, 6.07) is 15.3. The van der Waals surface area contributed by atoms with Gasteiger partial charge < -0.3 is 21.3 Å². The molecule has 1 saturated heterocycles. The molecule has 1 aliphatic heterocycles. The number of nitrogens with zero attached hydrogens (tertiary/aromatic N) is 4.